The standard InChI is InChI=1S/C26H21FN8OS/c27-22-2-1-21(37-22)25-24-18(5-8-30-25)32-26(33-24)23-17-10-19(31-13-20(17)34-35-23)14-9-16(12-29-11-14)36-15-3-6-28-7-4-15/h1-2,5,8-13,15,28H,3-4,6-7H2,(H,32,33)(H,34,35). The molecule has 0 radical (unpaired) electrons. The number of hydrogen-bond acceptors (Lipinski definition) is 8. The molecule has 9 nitrogen and oxygen atoms in total. The van der Waals surface area contributed by atoms with E-state index in [1.54, 1.807) is 30.9 Å². The summed E-state index contributed by atoms with van der Waals surface area (Å²) in [4.78, 5) is 22.3. The van der Waals surface area contributed by atoms with Crippen molar-refractivity contribution in [2.75, 3.05) is 13.1 Å². The Bertz CT molecular complexity index is 1740. The number of aromatic nitrogens is 7. The summed E-state index contributed by atoms with van der Waals surface area (Å²) in [5, 5.41) is 11.5. The van der Waals surface area contributed by atoms with Crippen molar-refractivity contribution >= 4 is 33.3 Å². The minimum absolute atomic E-state index is 0.187. The van der Waals surface area contributed by atoms with Crippen LogP contribution in [0.1, 0.15) is 12.8 Å². The zero-order valence-electron chi connectivity index (χ0n) is 19.5. The minimum atomic E-state index is -0.261. The van der Waals surface area contributed by atoms with Crippen molar-refractivity contribution in [3.8, 4) is 39.1 Å². The van der Waals surface area contributed by atoms with Crippen molar-refractivity contribution in [2.45, 2.75) is 18.9 Å². The highest BCUT2D eigenvalue weighted by molar-refractivity contribution is 7.13. The van der Waals surface area contributed by atoms with Crippen LogP contribution < -0.4 is 10.1 Å². The quantitative estimate of drug-likeness (QED) is 0.299. The summed E-state index contributed by atoms with van der Waals surface area (Å²) >= 11 is 1.04. The molecule has 3 N–H and O–H groups in total. The molecule has 0 aromatic carbocycles. The number of aromatic amines is 2. The summed E-state index contributed by atoms with van der Waals surface area (Å²) in [5.74, 6) is 1.33. The van der Waals surface area contributed by atoms with Crippen LogP contribution >= 0.6 is 11.3 Å². The van der Waals surface area contributed by atoms with Crippen LogP contribution in [-0.2, 0) is 0 Å². The Hall–Kier alpha value is -4.22. The predicted molar refractivity (Wildman–Crippen MR) is 140 cm³/mol. The van der Waals surface area contributed by atoms with E-state index in [1.807, 2.05) is 18.2 Å². The second-order valence-corrected chi connectivity index (χ2v) is 9.94. The van der Waals surface area contributed by atoms with Gasteiger partial charge in [0.15, 0.2) is 11.0 Å². The highest BCUT2D eigenvalue weighted by Crippen LogP contribution is 2.34. The first-order valence-corrected chi connectivity index (χ1v) is 12.8. The maximum Gasteiger partial charge on any atom is 0.177 e. The molecule has 37 heavy (non-hydrogen) atoms. The van der Waals surface area contributed by atoms with Crippen LogP contribution in [0.4, 0.5) is 4.39 Å². The van der Waals surface area contributed by atoms with Gasteiger partial charge in [-0.25, -0.2) is 4.98 Å². The van der Waals surface area contributed by atoms with Crippen molar-refractivity contribution in [3.63, 3.8) is 0 Å². The Morgan fingerprint density at radius 2 is 1.89 bits per heavy atom. The van der Waals surface area contributed by atoms with Gasteiger partial charge >= 0.3 is 0 Å². The molecule has 1 aliphatic heterocycles. The smallest absolute Gasteiger partial charge is 0.177 e. The molecule has 0 spiro atoms. The van der Waals surface area contributed by atoms with Gasteiger partial charge in [0.05, 0.1) is 34.0 Å². The molecular weight excluding hydrogens is 491 g/mol. The molecule has 1 saturated heterocycles. The van der Waals surface area contributed by atoms with Crippen LogP contribution in [0.15, 0.2) is 55.1 Å². The molecule has 6 aromatic rings. The summed E-state index contributed by atoms with van der Waals surface area (Å²) < 4.78 is 19.8. The fourth-order valence-corrected chi connectivity index (χ4v) is 5.38. The molecule has 7 rings (SSSR count). The molecule has 0 aliphatic carbocycles. The van der Waals surface area contributed by atoms with Crippen molar-refractivity contribution in [1.29, 1.82) is 0 Å². The number of nitrogens with one attached hydrogen (secondary N) is 3. The highest BCUT2D eigenvalue weighted by atomic mass is 32.1. The van der Waals surface area contributed by atoms with Crippen molar-refractivity contribution < 1.29 is 9.13 Å². The number of piperidine rings is 1. The molecule has 1 aliphatic rings. The number of nitrogens with zero attached hydrogens (tertiary/aromatic N) is 5. The van der Waals surface area contributed by atoms with Crippen molar-refractivity contribution in [3.05, 3.63) is 60.3 Å². The number of fused-ring (bicyclic) bond motifs is 2. The van der Waals surface area contributed by atoms with E-state index in [2.05, 4.69) is 35.5 Å². The summed E-state index contributed by atoms with van der Waals surface area (Å²) in [6.07, 6.45) is 9.10. The molecule has 0 atom stereocenters. The Morgan fingerprint density at radius 1 is 0.973 bits per heavy atom. The summed E-state index contributed by atoms with van der Waals surface area (Å²) in [7, 11) is 0. The fourth-order valence-electron chi connectivity index (χ4n) is 4.65. The molecule has 0 saturated carbocycles. The van der Waals surface area contributed by atoms with Crippen LogP contribution in [0.25, 0.3) is 55.3 Å². The van der Waals surface area contributed by atoms with Gasteiger partial charge in [-0.3, -0.25) is 20.1 Å². The Morgan fingerprint density at radius 3 is 2.76 bits per heavy atom. The van der Waals surface area contributed by atoms with Crippen LogP contribution in [-0.4, -0.2) is 54.3 Å². The Kier molecular flexibility index (Phi) is 5.37. The summed E-state index contributed by atoms with van der Waals surface area (Å²) in [6, 6.07) is 8.95. The molecule has 184 valence electrons. The molecule has 0 unspecified atom stereocenters. The molecule has 7 heterocycles. The monoisotopic (exact) mass is 512 g/mol. The van der Waals surface area contributed by atoms with E-state index in [9.17, 15) is 4.39 Å². The van der Waals surface area contributed by atoms with E-state index < -0.39 is 0 Å². The van der Waals surface area contributed by atoms with Gasteiger partial charge in [-0.15, -0.1) is 11.3 Å². The first-order chi connectivity index (χ1) is 18.2. The van der Waals surface area contributed by atoms with E-state index in [0.717, 1.165) is 75.6 Å². The lowest BCUT2D eigenvalue weighted by Crippen LogP contribution is -2.34. The van der Waals surface area contributed by atoms with Gasteiger partial charge in [-0.2, -0.15) is 9.49 Å². The van der Waals surface area contributed by atoms with Gasteiger partial charge in [0.1, 0.15) is 28.8 Å². The maximum absolute atomic E-state index is 13.7. The minimum Gasteiger partial charge on any atom is -0.489 e. The van der Waals surface area contributed by atoms with E-state index in [-0.39, 0.29) is 11.2 Å². The van der Waals surface area contributed by atoms with Crippen LogP contribution in [0, 0.1) is 5.13 Å². The number of thiophene rings is 1. The second-order valence-electron chi connectivity index (χ2n) is 8.91. The third-order valence-corrected chi connectivity index (χ3v) is 7.36. The Labute approximate surface area is 214 Å². The van der Waals surface area contributed by atoms with Gasteiger partial charge < -0.3 is 15.0 Å². The number of halogens is 1. The zero-order valence-corrected chi connectivity index (χ0v) is 20.3. The summed E-state index contributed by atoms with van der Waals surface area (Å²) in [5.41, 5.74) is 5.15. The van der Waals surface area contributed by atoms with Crippen molar-refractivity contribution in [1.82, 2.24) is 40.4 Å². The SMILES string of the molecule is Fc1ccc(-c2nccc3[nH]c(-c4n[nH]c5cnc(-c6cncc(OC7CCNCC7)c6)cc45)nc23)s1. The van der Waals surface area contributed by atoms with Crippen LogP contribution in [0.2, 0.25) is 0 Å². The number of rotatable bonds is 5. The van der Waals surface area contributed by atoms with Gasteiger partial charge in [0, 0.05) is 23.3 Å². The first-order valence-electron chi connectivity index (χ1n) is 12.0. The normalized spacial score (nSPS) is 14.5. The maximum atomic E-state index is 13.7. The average molecular weight is 513 g/mol. The van der Waals surface area contributed by atoms with E-state index in [0.29, 0.717) is 22.7 Å². The van der Waals surface area contributed by atoms with Gasteiger partial charge in [-0.05, 0) is 56.3 Å². The van der Waals surface area contributed by atoms with Gasteiger partial charge in [0.25, 0.3) is 0 Å². The molecule has 11 heteroatoms. The Balaban J connectivity index is 1.26. The molecule has 0 amide bonds. The lowest BCUT2D eigenvalue weighted by Gasteiger charge is -2.23. The third kappa shape index (κ3) is 4.11. The molecular formula is C26H21FN8OS. The van der Waals surface area contributed by atoms with Crippen molar-refractivity contribution in [2.24, 2.45) is 0 Å². The average Bonchev–Trinajstić information content (AvgIpc) is 3.66. The van der Waals surface area contributed by atoms with Crippen LogP contribution in [0.5, 0.6) is 5.75 Å². The fraction of sp³-hybridized carbons (Fsp3) is 0.192. The van der Waals surface area contributed by atoms with E-state index in [4.69, 9.17) is 9.72 Å². The zero-order chi connectivity index (χ0) is 24.8. The lowest BCUT2D eigenvalue weighted by atomic mass is 10.1. The number of H-pyrrole nitrogens is 2. The first kappa shape index (κ1) is 22.0. The van der Waals surface area contributed by atoms with Crippen LogP contribution in [0.3, 0.4) is 0 Å². The predicted octanol–water partition coefficient (Wildman–Crippen LogP) is 4.96. The van der Waals surface area contributed by atoms with E-state index >= 15 is 0 Å². The topological polar surface area (TPSA) is 117 Å². The number of ether oxygens (including phenoxy) is 1. The van der Waals surface area contributed by atoms with Gasteiger partial charge in [0.2, 0.25) is 0 Å². The number of pyridine rings is 3. The highest BCUT2D eigenvalue weighted by Gasteiger charge is 2.18. The lowest BCUT2D eigenvalue weighted by molar-refractivity contribution is 0.162. The second kappa shape index (κ2) is 9.02. The molecule has 0 bridgehead atoms. The summed E-state index contributed by atoms with van der Waals surface area (Å²) in [6.45, 7) is 1.92. The molecule has 6 aromatic heterocycles. The van der Waals surface area contributed by atoms with E-state index in [1.165, 1.54) is 6.07 Å². The number of hydrogen-bond donors (Lipinski definition) is 3. The van der Waals surface area contributed by atoms with Gasteiger partial charge in [-0.1, -0.05) is 0 Å². The third-order valence-electron chi connectivity index (χ3n) is 6.48. The number of imidazole rings is 1. The largest absolute Gasteiger partial charge is 0.489 e. The molecule has 1 fully saturated rings.